The summed E-state index contributed by atoms with van der Waals surface area (Å²) in [4.78, 5) is 0. The van der Waals surface area contributed by atoms with E-state index in [9.17, 15) is 0 Å². The fourth-order valence-corrected chi connectivity index (χ4v) is 5.49. The maximum atomic E-state index is 2.49. The summed E-state index contributed by atoms with van der Waals surface area (Å²) in [6.45, 7) is 0. The maximum Gasteiger partial charge on any atom is 0.0725 e. The summed E-state index contributed by atoms with van der Waals surface area (Å²) >= 11 is 0. The van der Waals surface area contributed by atoms with Gasteiger partial charge in [-0.2, -0.15) is 0 Å². The van der Waals surface area contributed by atoms with Gasteiger partial charge in [-0.15, -0.1) is 0 Å². The van der Waals surface area contributed by atoms with Crippen LogP contribution in [0.1, 0.15) is 33.4 Å². The molecule has 0 aromatic heterocycles. The first-order valence-electron chi connectivity index (χ1n) is 9.34. The zero-order chi connectivity index (χ0) is 16.9. The first-order chi connectivity index (χ1) is 12.9. The molecule has 0 aliphatic heterocycles. The normalized spacial score (nSPS) is 15.8. The van der Waals surface area contributed by atoms with Gasteiger partial charge in [-0.25, -0.2) is 0 Å². The molecular weight excluding hydrogens is 312 g/mol. The first kappa shape index (κ1) is 13.1. The van der Waals surface area contributed by atoms with Crippen molar-refractivity contribution >= 4 is 0 Å². The van der Waals surface area contributed by atoms with Crippen LogP contribution in [0, 0.1) is 0 Å². The molecule has 0 N–H and O–H groups in total. The summed E-state index contributed by atoms with van der Waals surface area (Å²) in [6.07, 6.45) is 1.16. The van der Waals surface area contributed by atoms with Crippen LogP contribution in [0.3, 0.4) is 0 Å². The molecule has 0 saturated carbocycles. The molecule has 0 heterocycles. The van der Waals surface area contributed by atoms with Crippen molar-refractivity contribution in [2.24, 2.45) is 0 Å². The molecule has 0 atom stereocenters. The fraction of sp³-hybridized carbons (Fsp3) is 0.0769. The molecule has 0 fully saturated rings. The molecule has 4 aromatic carbocycles. The second-order valence-corrected chi connectivity index (χ2v) is 7.73. The molecule has 0 radical (unpaired) electrons. The molecule has 0 nitrogen and oxygen atoms in total. The van der Waals surface area contributed by atoms with Gasteiger partial charge >= 0.3 is 0 Å². The second-order valence-electron chi connectivity index (χ2n) is 7.73. The number of hydrogen-bond donors (Lipinski definition) is 0. The Hall–Kier alpha value is -3.12. The quantitative estimate of drug-likeness (QED) is 0.323. The number of fused-ring (bicyclic) bond motifs is 11. The molecule has 0 unspecified atom stereocenters. The largest absolute Gasteiger partial charge is 0.0725 e. The van der Waals surface area contributed by atoms with E-state index in [1.165, 1.54) is 55.6 Å². The molecule has 3 aliphatic rings. The molecule has 7 rings (SSSR count). The Labute approximate surface area is 152 Å². The van der Waals surface area contributed by atoms with E-state index in [4.69, 9.17) is 0 Å². The van der Waals surface area contributed by atoms with E-state index in [0.29, 0.717) is 0 Å². The average molecular weight is 328 g/mol. The Morgan fingerprint density at radius 2 is 0.923 bits per heavy atom. The van der Waals surface area contributed by atoms with Gasteiger partial charge in [0.1, 0.15) is 0 Å². The van der Waals surface area contributed by atoms with Gasteiger partial charge in [0.2, 0.25) is 0 Å². The summed E-state index contributed by atoms with van der Waals surface area (Å²) in [6, 6.07) is 32.0. The van der Waals surface area contributed by atoms with Crippen LogP contribution in [-0.2, 0) is 11.8 Å². The molecule has 0 heteroatoms. The van der Waals surface area contributed by atoms with E-state index in [0.717, 1.165) is 6.42 Å². The van der Waals surface area contributed by atoms with E-state index in [-0.39, 0.29) is 5.41 Å². The van der Waals surface area contributed by atoms with Crippen molar-refractivity contribution in [1.29, 1.82) is 0 Å². The lowest BCUT2D eigenvalue weighted by molar-refractivity contribution is 0.794. The molecule has 0 saturated heterocycles. The highest BCUT2D eigenvalue weighted by Gasteiger charge is 2.52. The van der Waals surface area contributed by atoms with Crippen LogP contribution >= 0.6 is 0 Å². The molecule has 1 spiro atoms. The summed E-state index contributed by atoms with van der Waals surface area (Å²) in [7, 11) is 0. The Kier molecular flexibility index (Phi) is 2.10. The van der Waals surface area contributed by atoms with Crippen LogP contribution in [-0.4, -0.2) is 0 Å². The third kappa shape index (κ3) is 1.29. The minimum atomic E-state index is -0.156. The van der Waals surface area contributed by atoms with Crippen LogP contribution in [0.5, 0.6) is 0 Å². The van der Waals surface area contributed by atoms with Gasteiger partial charge in [0, 0.05) is 0 Å². The van der Waals surface area contributed by atoms with E-state index >= 15 is 0 Å². The highest BCUT2D eigenvalue weighted by molar-refractivity contribution is 5.95. The topological polar surface area (TPSA) is 0 Å². The molecule has 0 amide bonds. The highest BCUT2D eigenvalue weighted by atomic mass is 14.5. The minimum absolute atomic E-state index is 0.156. The van der Waals surface area contributed by atoms with Crippen LogP contribution < -0.4 is 0 Å². The van der Waals surface area contributed by atoms with Crippen LogP contribution in [0.2, 0.25) is 0 Å². The van der Waals surface area contributed by atoms with E-state index in [1.54, 1.807) is 0 Å². The van der Waals surface area contributed by atoms with Gasteiger partial charge < -0.3 is 0 Å². The fourth-order valence-electron chi connectivity index (χ4n) is 5.49. The summed E-state index contributed by atoms with van der Waals surface area (Å²) in [5, 5.41) is 0. The van der Waals surface area contributed by atoms with Crippen LogP contribution in [0.4, 0.5) is 0 Å². The third-order valence-electron chi connectivity index (χ3n) is 6.57. The molecule has 0 bridgehead atoms. The zero-order valence-corrected chi connectivity index (χ0v) is 14.3. The van der Waals surface area contributed by atoms with Crippen molar-refractivity contribution < 1.29 is 0 Å². The minimum Gasteiger partial charge on any atom is -0.0619 e. The van der Waals surface area contributed by atoms with Crippen LogP contribution in [0.15, 0.2) is 84.9 Å². The standard InChI is InChI=1S/C26H16/c1-4-10-22-18(7-1)19-8-2-5-11-23(19)26(22)24-12-6-3-9-20(24)21-14-16-13-17(16)15-25(21)26/h1-12,14-15H,13H2. The van der Waals surface area contributed by atoms with Gasteiger partial charge in [-0.1, -0.05) is 84.9 Å². The van der Waals surface area contributed by atoms with Crippen molar-refractivity contribution in [2.45, 2.75) is 11.8 Å². The van der Waals surface area contributed by atoms with Gasteiger partial charge in [0.05, 0.1) is 5.41 Å². The molecule has 120 valence electrons. The predicted molar refractivity (Wildman–Crippen MR) is 106 cm³/mol. The molecule has 4 aromatic rings. The van der Waals surface area contributed by atoms with Crippen molar-refractivity contribution in [2.75, 3.05) is 0 Å². The van der Waals surface area contributed by atoms with Crippen molar-refractivity contribution in [3.8, 4) is 22.3 Å². The van der Waals surface area contributed by atoms with Gasteiger partial charge in [-0.05, 0) is 62.1 Å². The average Bonchev–Trinajstić information content (AvgIpc) is 3.34. The SMILES string of the molecule is c1ccc2c(c1)-c1ccccc1C21c2ccccc2-c2cc3c(cc21)C3. The Balaban J connectivity index is 1.75. The van der Waals surface area contributed by atoms with E-state index < -0.39 is 0 Å². The van der Waals surface area contributed by atoms with E-state index in [2.05, 4.69) is 84.9 Å². The highest BCUT2D eigenvalue weighted by Crippen LogP contribution is 2.63. The predicted octanol–water partition coefficient (Wildman–Crippen LogP) is 5.93. The second kappa shape index (κ2) is 4.16. The van der Waals surface area contributed by atoms with Gasteiger partial charge in [0.15, 0.2) is 0 Å². The molecular formula is C26H16. The van der Waals surface area contributed by atoms with E-state index in [1.807, 2.05) is 0 Å². The molecule has 3 aliphatic carbocycles. The van der Waals surface area contributed by atoms with Crippen molar-refractivity contribution in [3.63, 3.8) is 0 Å². The smallest absolute Gasteiger partial charge is 0.0619 e. The number of rotatable bonds is 0. The summed E-state index contributed by atoms with van der Waals surface area (Å²) < 4.78 is 0. The summed E-state index contributed by atoms with van der Waals surface area (Å²) in [5.74, 6) is 0. The first-order valence-corrected chi connectivity index (χ1v) is 9.34. The van der Waals surface area contributed by atoms with Gasteiger partial charge in [0.25, 0.3) is 0 Å². The monoisotopic (exact) mass is 328 g/mol. The van der Waals surface area contributed by atoms with Crippen LogP contribution in [0.25, 0.3) is 22.3 Å². The van der Waals surface area contributed by atoms with Crippen molar-refractivity contribution in [3.05, 3.63) is 118 Å². The Bertz CT molecular complexity index is 1210. The number of benzene rings is 4. The van der Waals surface area contributed by atoms with Gasteiger partial charge in [-0.3, -0.25) is 0 Å². The lowest BCUT2D eigenvalue weighted by atomic mass is 9.70. The summed E-state index contributed by atoms with van der Waals surface area (Å²) in [5.41, 5.74) is 14.3. The zero-order valence-electron chi connectivity index (χ0n) is 14.3. The Morgan fingerprint density at radius 1 is 0.462 bits per heavy atom. The lowest BCUT2D eigenvalue weighted by Crippen LogP contribution is -2.25. The molecule has 26 heavy (non-hydrogen) atoms. The maximum absolute atomic E-state index is 2.49. The Morgan fingerprint density at radius 3 is 1.50 bits per heavy atom. The lowest BCUT2D eigenvalue weighted by Gasteiger charge is -2.30. The van der Waals surface area contributed by atoms with Crippen molar-refractivity contribution in [1.82, 2.24) is 0 Å². The third-order valence-corrected chi connectivity index (χ3v) is 6.57. The number of hydrogen-bond acceptors (Lipinski definition) is 0.